The average molecular weight is 564 g/mol. The van der Waals surface area contributed by atoms with Crippen LogP contribution in [0, 0.1) is 0 Å². The van der Waals surface area contributed by atoms with Crippen molar-refractivity contribution in [2.24, 2.45) is 12.1 Å². The second kappa shape index (κ2) is 12.7. The minimum absolute atomic E-state index is 0.135. The first-order valence-electron chi connectivity index (χ1n) is 13.4. The summed E-state index contributed by atoms with van der Waals surface area (Å²) in [6, 6.07) is 18.2. The third-order valence-corrected chi connectivity index (χ3v) is 7.74. The maximum absolute atomic E-state index is 14.0. The number of methoxy groups -OCH3 is 1. The molecule has 2 aromatic carbocycles. The van der Waals surface area contributed by atoms with E-state index in [1.807, 2.05) is 54.2 Å². The standard InChI is InChI=1S/C30H34ClN5O4/c1-33-13-7-11-26(33)25-20-27(23-9-4-6-12-28(23)39-2)36(32-25)29(37)21-35(15-14-34-16-18-40-19-17-34)30(38)22-8-3-5-10-24(22)31/h3-13,27H,14-21H2,1-2H3. The molecule has 1 fully saturated rings. The average Bonchev–Trinajstić information content (AvgIpc) is 3.62. The van der Waals surface area contributed by atoms with Crippen molar-refractivity contribution in [1.82, 2.24) is 19.4 Å². The molecule has 0 spiro atoms. The van der Waals surface area contributed by atoms with Crippen LogP contribution >= 0.6 is 11.6 Å². The zero-order valence-electron chi connectivity index (χ0n) is 22.8. The maximum atomic E-state index is 14.0. The first kappa shape index (κ1) is 27.9. The Kier molecular flexibility index (Phi) is 8.84. The highest BCUT2D eigenvalue weighted by Gasteiger charge is 2.36. The van der Waals surface area contributed by atoms with Crippen LogP contribution in [-0.4, -0.2) is 89.9 Å². The van der Waals surface area contributed by atoms with Gasteiger partial charge in [-0.1, -0.05) is 41.9 Å². The number of morpholine rings is 1. The Morgan fingerprint density at radius 2 is 1.82 bits per heavy atom. The molecular formula is C30H34ClN5O4. The molecule has 2 amide bonds. The molecule has 1 saturated heterocycles. The molecule has 5 rings (SSSR count). The van der Waals surface area contributed by atoms with Gasteiger partial charge in [0, 0.05) is 51.4 Å². The zero-order valence-corrected chi connectivity index (χ0v) is 23.6. The fraction of sp³-hybridized carbons (Fsp3) is 0.367. The fourth-order valence-corrected chi connectivity index (χ4v) is 5.44. The molecule has 9 nitrogen and oxygen atoms in total. The summed E-state index contributed by atoms with van der Waals surface area (Å²) < 4.78 is 13.1. The first-order valence-corrected chi connectivity index (χ1v) is 13.8. The van der Waals surface area contributed by atoms with Gasteiger partial charge in [-0.3, -0.25) is 14.5 Å². The molecule has 0 radical (unpaired) electrons. The van der Waals surface area contributed by atoms with Crippen LogP contribution in [0.2, 0.25) is 5.02 Å². The van der Waals surface area contributed by atoms with Gasteiger partial charge in [-0.25, -0.2) is 5.01 Å². The highest BCUT2D eigenvalue weighted by Crippen LogP contribution is 2.37. The number of benzene rings is 2. The molecule has 0 aliphatic carbocycles. The highest BCUT2D eigenvalue weighted by atomic mass is 35.5. The Morgan fingerprint density at radius 3 is 2.55 bits per heavy atom. The van der Waals surface area contributed by atoms with E-state index >= 15 is 0 Å². The SMILES string of the molecule is COc1ccccc1C1CC(c2cccn2C)=NN1C(=O)CN(CCN1CCOCC1)C(=O)c1ccccc1Cl. The normalized spacial score (nSPS) is 17.5. The van der Waals surface area contributed by atoms with Crippen molar-refractivity contribution >= 4 is 29.1 Å². The number of hydrogen-bond donors (Lipinski definition) is 0. The lowest BCUT2D eigenvalue weighted by Gasteiger charge is -2.31. The summed E-state index contributed by atoms with van der Waals surface area (Å²) in [6.07, 6.45) is 2.48. The van der Waals surface area contributed by atoms with Crippen molar-refractivity contribution < 1.29 is 19.1 Å². The van der Waals surface area contributed by atoms with E-state index in [9.17, 15) is 9.59 Å². The van der Waals surface area contributed by atoms with Gasteiger partial charge in [-0.05, 0) is 30.3 Å². The van der Waals surface area contributed by atoms with Crippen LogP contribution in [0.4, 0.5) is 0 Å². The molecule has 3 aromatic rings. The largest absolute Gasteiger partial charge is 0.496 e. The Balaban J connectivity index is 1.44. The molecular weight excluding hydrogens is 530 g/mol. The van der Waals surface area contributed by atoms with Crippen molar-refractivity contribution in [3.63, 3.8) is 0 Å². The molecule has 1 atom stereocenters. The number of hydrazone groups is 1. The summed E-state index contributed by atoms with van der Waals surface area (Å²) in [6.45, 7) is 3.75. The van der Waals surface area contributed by atoms with Crippen molar-refractivity contribution in [3.05, 3.63) is 88.7 Å². The summed E-state index contributed by atoms with van der Waals surface area (Å²) in [5.41, 5.74) is 2.97. The van der Waals surface area contributed by atoms with E-state index < -0.39 is 0 Å². The van der Waals surface area contributed by atoms with Crippen molar-refractivity contribution in [3.8, 4) is 5.75 Å². The summed E-state index contributed by atoms with van der Waals surface area (Å²) in [7, 11) is 3.57. The number of rotatable bonds is 9. The van der Waals surface area contributed by atoms with Crippen LogP contribution in [0.5, 0.6) is 5.75 Å². The first-order chi connectivity index (χ1) is 19.5. The third kappa shape index (κ3) is 6.06. The van der Waals surface area contributed by atoms with E-state index in [0.29, 0.717) is 49.1 Å². The van der Waals surface area contributed by atoms with Gasteiger partial charge in [0.15, 0.2) is 0 Å². The van der Waals surface area contributed by atoms with Crippen LogP contribution in [0.15, 0.2) is 72.0 Å². The molecule has 1 aromatic heterocycles. The number of aryl methyl sites for hydroxylation is 1. The quantitative estimate of drug-likeness (QED) is 0.395. The Bertz CT molecular complexity index is 1380. The van der Waals surface area contributed by atoms with Gasteiger partial charge in [-0.2, -0.15) is 5.10 Å². The molecule has 1 unspecified atom stereocenters. The molecule has 210 valence electrons. The molecule has 0 saturated carbocycles. The molecule has 10 heteroatoms. The van der Waals surface area contributed by atoms with Crippen LogP contribution in [-0.2, 0) is 16.6 Å². The van der Waals surface area contributed by atoms with Gasteiger partial charge in [0.2, 0.25) is 0 Å². The summed E-state index contributed by atoms with van der Waals surface area (Å²) >= 11 is 6.40. The van der Waals surface area contributed by atoms with Crippen molar-refractivity contribution in [1.29, 1.82) is 0 Å². The van der Waals surface area contributed by atoms with E-state index in [1.54, 1.807) is 36.3 Å². The monoisotopic (exact) mass is 563 g/mol. The molecule has 2 aliphatic heterocycles. The number of ether oxygens (including phenoxy) is 2. The van der Waals surface area contributed by atoms with E-state index in [1.165, 1.54) is 5.01 Å². The minimum Gasteiger partial charge on any atom is -0.496 e. The molecule has 40 heavy (non-hydrogen) atoms. The van der Waals surface area contributed by atoms with Gasteiger partial charge < -0.3 is 18.9 Å². The highest BCUT2D eigenvalue weighted by molar-refractivity contribution is 6.33. The maximum Gasteiger partial charge on any atom is 0.262 e. The number of hydrogen-bond acceptors (Lipinski definition) is 6. The van der Waals surface area contributed by atoms with Crippen LogP contribution < -0.4 is 4.74 Å². The van der Waals surface area contributed by atoms with Crippen molar-refractivity contribution in [2.45, 2.75) is 12.5 Å². The van der Waals surface area contributed by atoms with E-state index in [4.69, 9.17) is 26.2 Å². The summed E-state index contributed by atoms with van der Waals surface area (Å²) in [5, 5.41) is 6.68. The predicted octanol–water partition coefficient (Wildman–Crippen LogP) is 3.84. The number of halogens is 1. The smallest absolute Gasteiger partial charge is 0.262 e. The minimum atomic E-state index is -0.370. The Labute approximate surface area is 239 Å². The van der Waals surface area contributed by atoms with E-state index in [2.05, 4.69) is 4.90 Å². The zero-order chi connectivity index (χ0) is 28.1. The lowest BCUT2D eigenvalue weighted by Crippen LogP contribution is -2.46. The molecule has 0 N–H and O–H groups in total. The number of carbonyl (C=O) groups excluding carboxylic acids is 2. The lowest BCUT2D eigenvalue weighted by molar-refractivity contribution is -0.133. The second-order valence-corrected chi connectivity index (χ2v) is 10.3. The molecule has 3 heterocycles. The number of carbonyl (C=O) groups is 2. The van der Waals surface area contributed by atoms with Crippen molar-refractivity contribution in [2.75, 3.05) is 53.0 Å². The number of nitrogens with zero attached hydrogens (tertiary/aromatic N) is 5. The van der Waals surface area contributed by atoms with Gasteiger partial charge in [0.05, 0.1) is 48.4 Å². The predicted molar refractivity (Wildman–Crippen MR) is 154 cm³/mol. The lowest BCUT2D eigenvalue weighted by atomic mass is 9.99. The molecule has 2 aliphatic rings. The van der Waals surface area contributed by atoms with Crippen LogP contribution in [0.3, 0.4) is 0 Å². The number of aromatic nitrogens is 1. The Hall–Kier alpha value is -3.66. The van der Waals surface area contributed by atoms with Gasteiger partial charge >= 0.3 is 0 Å². The number of amides is 2. The Morgan fingerprint density at radius 1 is 1.07 bits per heavy atom. The van der Waals surface area contributed by atoms with Gasteiger partial charge in [-0.15, -0.1) is 0 Å². The number of para-hydroxylation sites is 1. The van der Waals surface area contributed by atoms with Crippen LogP contribution in [0.1, 0.15) is 34.1 Å². The van der Waals surface area contributed by atoms with Gasteiger partial charge in [0.25, 0.3) is 11.8 Å². The third-order valence-electron chi connectivity index (χ3n) is 7.41. The van der Waals surface area contributed by atoms with Gasteiger partial charge in [0.1, 0.15) is 12.3 Å². The summed E-state index contributed by atoms with van der Waals surface area (Å²) in [5.74, 6) is 0.124. The van der Waals surface area contributed by atoms with Crippen LogP contribution in [0.25, 0.3) is 0 Å². The van der Waals surface area contributed by atoms with E-state index in [0.717, 1.165) is 30.1 Å². The summed E-state index contributed by atoms with van der Waals surface area (Å²) in [4.78, 5) is 31.5. The molecule has 0 bridgehead atoms. The fourth-order valence-electron chi connectivity index (χ4n) is 5.22. The topological polar surface area (TPSA) is 79.6 Å². The second-order valence-electron chi connectivity index (χ2n) is 9.91. The van der Waals surface area contributed by atoms with E-state index in [-0.39, 0.29) is 24.4 Å².